The van der Waals surface area contributed by atoms with E-state index in [1.54, 1.807) is 0 Å². The number of nitrogens with zero attached hydrogens (tertiary/aromatic N) is 4. The lowest BCUT2D eigenvalue weighted by atomic mass is 9.92. The number of nitrogens with one attached hydrogen (secondary N) is 1. The maximum atomic E-state index is 15.2. The van der Waals surface area contributed by atoms with Crippen LogP contribution in [0.25, 0.3) is 10.9 Å². The molecule has 160 valence electrons. The number of amides is 1. The van der Waals surface area contributed by atoms with Crippen LogP contribution in [0.1, 0.15) is 47.8 Å². The molecule has 3 unspecified atom stereocenters. The van der Waals surface area contributed by atoms with Crippen LogP contribution in [0.3, 0.4) is 0 Å². The van der Waals surface area contributed by atoms with Gasteiger partial charge >= 0.3 is 0 Å². The monoisotopic (exact) mass is 411 g/mol. The fourth-order valence-corrected chi connectivity index (χ4v) is 5.43. The van der Waals surface area contributed by atoms with E-state index in [0.717, 1.165) is 37.0 Å². The summed E-state index contributed by atoms with van der Waals surface area (Å²) in [4.78, 5) is 20.6. The Kier molecular flexibility index (Phi) is 4.81. The highest BCUT2D eigenvalue weighted by Gasteiger charge is 2.41. The molecule has 3 atom stereocenters. The van der Waals surface area contributed by atoms with Gasteiger partial charge in [-0.15, -0.1) is 0 Å². The molecule has 5 rings (SSSR count). The van der Waals surface area contributed by atoms with Crippen LogP contribution >= 0.6 is 0 Å². The molecule has 3 aliphatic rings. The van der Waals surface area contributed by atoms with Gasteiger partial charge in [-0.05, 0) is 56.5 Å². The van der Waals surface area contributed by atoms with Crippen molar-refractivity contribution in [2.24, 2.45) is 11.0 Å². The van der Waals surface area contributed by atoms with Crippen LogP contribution in [0.4, 0.5) is 4.39 Å². The number of halogens is 1. The smallest absolute Gasteiger partial charge is 0.270 e. The lowest BCUT2D eigenvalue weighted by molar-refractivity contribution is 0.0771. The molecule has 3 aliphatic heterocycles. The average Bonchev–Trinajstić information content (AvgIpc) is 3.50. The first-order valence-electron chi connectivity index (χ1n) is 11.1. The molecule has 1 aromatic carbocycles. The third-order valence-electron chi connectivity index (χ3n) is 7.14. The zero-order valence-corrected chi connectivity index (χ0v) is 18.0. The fraction of sp³-hybridized carbons (Fsp3) is 0.565. The molecule has 0 aliphatic carbocycles. The minimum Gasteiger partial charge on any atom is -0.348 e. The van der Waals surface area contributed by atoms with Crippen LogP contribution < -0.4 is 0 Å². The van der Waals surface area contributed by atoms with E-state index < -0.39 is 0 Å². The van der Waals surface area contributed by atoms with Crippen molar-refractivity contribution < 1.29 is 9.18 Å². The molecule has 1 amide bonds. The molecule has 1 N–H and O–H groups in total. The number of carbonyl (C=O) groups excluding carboxylic acids is 1. The Bertz CT molecular complexity index is 1010. The Balaban J connectivity index is 1.49. The van der Waals surface area contributed by atoms with Gasteiger partial charge in [0.15, 0.2) is 0 Å². The van der Waals surface area contributed by atoms with Crippen LogP contribution in [-0.4, -0.2) is 77.7 Å². The fourth-order valence-electron chi connectivity index (χ4n) is 5.43. The lowest BCUT2D eigenvalue weighted by Crippen LogP contribution is -2.35. The van der Waals surface area contributed by atoms with Gasteiger partial charge in [0.05, 0.1) is 11.6 Å². The molecule has 0 radical (unpaired) electrons. The number of carbonyl (C=O) groups is 1. The molecule has 7 heteroatoms. The Morgan fingerprint density at radius 2 is 2.10 bits per heavy atom. The molecule has 0 spiro atoms. The second-order valence-electron chi connectivity index (χ2n) is 8.97. The highest BCUT2D eigenvalue weighted by Crippen LogP contribution is 2.36. The van der Waals surface area contributed by atoms with Crippen molar-refractivity contribution in [2.45, 2.75) is 38.6 Å². The summed E-state index contributed by atoms with van der Waals surface area (Å²) in [7, 11) is 2.13. The van der Waals surface area contributed by atoms with E-state index in [0.29, 0.717) is 36.6 Å². The van der Waals surface area contributed by atoms with E-state index in [1.165, 1.54) is 5.56 Å². The Labute approximate surface area is 176 Å². The standard InChI is InChI=1S/C23H30FN5O/c1-4-14-8-17(15-6-7-27(3)11-15)18-9-19(26-22(18)21(14)24)23(30)28-12-16-10-25-29(5-2)20(16)13-28/h8-10,15-16,20,26H,4-7,11-13H2,1-3H3. The SMILES string of the molecule is CCc1cc(C2CCN(C)C2)c2cc(C(=O)N3CC4C=NN(CC)C4C3)[nH]c2c1F. The van der Waals surface area contributed by atoms with Gasteiger partial charge in [0.25, 0.3) is 5.91 Å². The summed E-state index contributed by atoms with van der Waals surface area (Å²) in [5.74, 6) is 0.398. The number of likely N-dealkylation sites (N-methyl/N-ethyl adjacent to an activating group) is 2. The number of benzene rings is 1. The maximum absolute atomic E-state index is 15.2. The summed E-state index contributed by atoms with van der Waals surface area (Å²) >= 11 is 0. The second-order valence-corrected chi connectivity index (χ2v) is 8.97. The quantitative estimate of drug-likeness (QED) is 0.841. The number of hydrogen-bond donors (Lipinski definition) is 1. The van der Waals surface area contributed by atoms with Crippen molar-refractivity contribution in [1.82, 2.24) is 19.8 Å². The minimum absolute atomic E-state index is 0.0445. The predicted octanol–water partition coefficient (Wildman–Crippen LogP) is 3.05. The summed E-state index contributed by atoms with van der Waals surface area (Å²) in [6, 6.07) is 4.17. The second kappa shape index (κ2) is 7.38. The Morgan fingerprint density at radius 3 is 2.80 bits per heavy atom. The summed E-state index contributed by atoms with van der Waals surface area (Å²) < 4.78 is 15.2. The highest BCUT2D eigenvalue weighted by molar-refractivity contribution is 5.99. The van der Waals surface area contributed by atoms with Crippen LogP contribution in [0.5, 0.6) is 0 Å². The van der Waals surface area contributed by atoms with Crippen molar-refractivity contribution >= 4 is 23.0 Å². The van der Waals surface area contributed by atoms with E-state index >= 15 is 4.39 Å². The van der Waals surface area contributed by atoms with Gasteiger partial charge in [-0.1, -0.05) is 13.0 Å². The van der Waals surface area contributed by atoms with Crippen molar-refractivity contribution in [3.05, 3.63) is 34.8 Å². The number of hydrazone groups is 1. The molecule has 1 aromatic heterocycles. The number of fused-ring (bicyclic) bond motifs is 2. The molecule has 6 nitrogen and oxygen atoms in total. The first kappa shape index (κ1) is 19.5. The maximum Gasteiger partial charge on any atom is 0.270 e. The van der Waals surface area contributed by atoms with Crippen molar-refractivity contribution in [2.75, 3.05) is 39.8 Å². The van der Waals surface area contributed by atoms with Gasteiger partial charge in [-0.2, -0.15) is 5.10 Å². The summed E-state index contributed by atoms with van der Waals surface area (Å²) in [5, 5.41) is 7.37. The highest BCUT2D eigenvalue weighted by atomic mass is 19.1. The van der Waals surface area contributed by atoms with Gasteiger partial charge in [0, 0.05) is 43.7 Å². The van der Waals surface area contributed by atoms with Crippen LogP contribution in [-0.2, 0) is 6.42 Å². The van der Waals surface area contributed by atoms with E-state index in [-0.39, 0.29) is 23.7 Å². The molecule has 0 bridgehead atoms. The van der Waals surface area contributed by atoms with Crippen molar-refractivity contribution in [1.29, 1.82) is 0 Å². The number of rotatable bonds is 4. The van der Waals surface area contributed by atoms with Gasteiger partial charge in [0.1, 0.15) is 11.5 Å². The Morgan fingerprint density at radius 1 is 1.27 bits per heavy atom. The molecule has 4 heterocycles. The molecule has 30 heavy (non-hydrogen) atoms. The number of aromatic nitrogens is 1. The van der Waals surface area contributed by atoms with E-state index in [4.69, 9.17) is 0 Å². The molecule has 2 aromatic rings. The third kappa shape index (κ3) is 3.02. The normalized spacial score (nSPS) is 26.3. The van der Waals surface area contributed by atoms with Crippen molar-refractivity contribution in [3.63, 3.8) is 0 Å². The number of likely N-dealkylation sites (tertiary alicyclic amines) is 2. The predicted molar refractivity (Wildman–Crippen MR) is 117 cm³/mol. The van der Waals surface area contributed by atoms with Crippen LogP contribution in [0.2, 0.25) is 0 Å². The van der Waals surface area contributed by atoms with E-state index in [1.807, 2.05) is 30.2 Å². The summed E-state index contributed by atoms with van der Waals surface area (Å²) in [6.45, 7) is 8.26. The first-order chi connectivity index (χ1) is 14.5. The minimum atomic E-state index is -0.218. The number of aryl methyl sites for hydroxylation is 1. The summed E-state index contributed by atoms with van der Waals surface area (Å²) in [5.41, 5.74) is 2.87. The molecule has 2 fully saturated rings. The van der Waals surface area contributed by atoms with Gasteiger partial charge in [-0.25, -0.2) is 4.39 Å². The zero-order valence-electron chi connectivity index (χ0n) is 18.0. The lowest BCUT2D eigenvalue weighted by Gasteiger charge is -2.22. The first-order valence-corrected chi connectivity index (χ1v) is 11.1. The Hall–Kier alpha value is -2.41. The van der Waals surface area contributed by atoms with Gasteiger partial charge in [0.2, 0.25) is 0 Å². The largest absolute Gasteiger partial charge is 0.348 e. The van der Waals surface area contributed by atoms with Gasteiger partial charge in [-0.3, -0.25) is 9.80 Å². The molecular formula is C23H30FN5O. The number of hydrogen-bond acceptors (Lipinski definition) is 4. The van der Waals surface area contributed by atoms with Crippen molar-refractivity contribution in [3.8, 4) is 0 Å². The van der Waals surface area contributed by atoms with E-state index in [2.05, 4.69) is 34.0 Å². The van der Waals surface area contributed by atoms with E-state index in [9.17, 15) is 4.79 Å². The van der Waals surface area contributed by atoms with Crippen LogP contribution in [0, 0.1) is 11.7 Å². The molecule has 0 saturated carbocycles. The number of aromatic amines is 1. The average molecular weight is 412 g/mol. The zero-order chi connectivity index (χ0) is 21.0. The number of H-pyrrole nitrogens is 1. The molecule has 2 saturated heterocycles. The molecular weight excluding hydrogens is 381 g/mol. The summed E-state index contributed by atoms with van der Waals surface area (Å²) in [6.07, 6.45) is 3.67. The van der Waals surface area contributed by atoms with Crippen LogP contribution in [0.15, 0.2) is 17.2 Å². The topological polar surface area (TPSA) is 54.9 Å². The third-order valence-corrected chi connectivity index (χ3v) is 7.14. The van der Waals surface area contributed by atoms with Gasteiger partial charge < -0.3 is 14.8 Å².